The van der Waals surface area contributed by atoms with Gasteiger partial charge in [0.1, 0.15) is 0 Å². The van der Waals surface area contributed by atoms with Gasteiger partial charge >= 0.3 is 6.03 Å². The zero-order valence-corrected chi connectivity index (χ0v) is 11.2. The van der Waals surface area contributed by atoms with Gasteiger partial charge in [0.15, 0.2) is 0 Å². The molecule has 2 aromatic rings. The Kier molecular flexibility index (Phi) is 3.65. The number of carbonyl (C=O) groups excluding carboxylic acids is 1. The van der Waals surface area contributed by atoms with Gasteiger partial charge in [-0.05, 0) is 29.7 Å². The summed E-state index contributed by atoms with van der Waals surface area (Å²) in [6.07, 6.45) is 0.960. The fourth-order valence-electron chi connectivity index (χ4n) is 2.42. The molecule has 4 nitrogen and oxygen atoms in total. The summed E-state index contributed by atoms with van der Waals surface area (Å²) in [6, 6.07) is 17.6. The first-order valence-electron chi connectivity index (χ1n) is 6.76. The lowest BCUT2D eigenvalue weighted by Crippen LogP contribution is -2.46. The van der Waals surface area contributed by atoms with Crippen LogP contribution in [0.4, 0.5) is 10.5 Å². The third-order valence-electron chi connectivity index (χ3n) is 3.42. The molecule has 0 unspecified atom stereocenters. The van der Waals surface area contributed by atoms with Crippen LogP contribution >= 0.6 is 0 Å². The Balaban J connectivity index is 1.58. The minimum atomic E-state index is -0.199. The number of nitrogens with zero attached hydrogens (tertiary/aromatic N) is 1. The van der Waals surface area contributed by atoms with Crippen LogP contribution in [-0.4, -0.2) is 17.6 Å². The molecule has 0 radical (unpaired) electrons. The molecule has 0 atom stereocenters. The molecule has 20 heavy (non-hydrogen) atoms. The van der Waals surface area contributed by atoms with Crippen LogP contribution in [0.15, 0.2) is 54.6 Å². The highest BCUT2D eigenvalue weighted by Gasteiger charge is 2.17. The van der Waals surface area contributed by atoms with Crippen molar-refractivity contribution in [1.82, 2.24) is 10.4 Å². The number of hydrogen-bond acceptors (Lipinski definition) is 2. The van der Waals surface area contributed by atoms with Crippen LogP contribution in [0.2, 0.25) is 0 Å². The highest BCUT2D eigenvalue weighted by Crippen LogP contribution is 2.17. The number of urea groups is 1. The number of anilines is 1. The summed E-state index contributed by atoms with van der Waals surface area (Å²) in [6.45, 7) is 1.58. The predicted molar refractivity (Wildman–Crippen MR) is 79.2 cm³/mol. The second-order valence-corrected chi connectivity index (χ2v) is 4.87. The van der Waals surface area contributed by atoms with Crippen LogP contribution in [-0.2, 0) is 13.0 Å². The summed E-state index contributed by atoms with van der Waals surface area (Å²) in [5, 5.41) is 4.77. The highest BCUT2D eigenvalue weighted by molar-refractivity contribution is 5.88. The van der Waals surface area contributed by atoms with E-state index < -0.39 is 0 Å². The first-order valence-corrected chi connectivity index (χ1v) is 6.76. The van der Waals surface area contributed by atoms with Crippen LogP contribution in [0.25, 0.3) is 0 Å². The monoisotopic (exact) mass is 267 g/mol. The van der Waals surface area contributed by atoms with Gasteiger partial charge in [0, 0.05) is 18.8 Å². The number of carbonyl (C=O) groups is 1. The van der Waals surface area contributed by atoms with E-state index in [4.69, 9.17) is 0 Å². The van der Waals surface area contributed by atoms with Crippen molar-refractivity contribution >= 4 is 11.7 Å². The van der Waals surface area contributed by atoms with Crippen molar-refractivity contribution < 1.29 is 4.79 Å². The van der Waals surface area contributed by atoms with Crippen LogP contribution in [0.5, 0.6) is 0 Å². The molecule has 0 saturated heterocycles. The minimum absolute atomic E-state index is 0.199. The van der Waals surface area contributed by atoms with Crippen molar-refractivity contribution in [3.63, 3.8) is 0 Å². The molecule has 0 spiro atoms. The molecule has 1 aliphatic rings. The Bertz CT molecular complexity index is 598. The summed E-state index contributed by atoms with van der Waals surface area (Å²) < 4.78 is 0. The van der Waals surface area contributed by atoms with Crippen molar-refractivity contribution in [3.8, 4) is 0 Å². The molecular weight excluding hydrogens is 250 g/mol. The fraction of sp³-hybridized carbons (Fsp3) is 0.188. The van der Waals surface area contributed by atoms with E-state index in [-0.39, 0.29) is 6.03 Å². The number of hydrogen-bond donors (Lipinski definition) is 2. The number of nitrogens with one attached hydrogen (secondary N) is 2. The van der Waals surface area contributed by atoms with Gasteiger partial charge in [-0.15, -0.1) is 0 Å². The molecule has 0 aliphatic carbocycles. The zero-order valence-electron chi connectivity index (χ0n) is 11.2. The van der Waals surface area contributed by atoms with Crippen molar-refractivity contribution in [2.24, 2.45) is 0 Å². The van der Waals surface area contributed by atoms with E-state index in [9.17, 15) is 4.79 Å². The molecule has 0 saturated carbocycles. The van der Waals surface area contributed by atoms with E-state index in [0.717, 1.165) is 25.2 Å². The van der Waals surface area contributed by atoms with Gasteiger partial charge in [0.25, 0.3) is 0 Å². The fourth-order valence-corrected chi connectivity index (χ4v) is 2.42. The van der Waals surface area contributed by atoms with Crippen LogP contribution in [0, 0.1) is 0 Å². The summed E-state index contributed by atoms with van der Waals surface area (Å²) in [4.78, 5) is 11.9. The lowest BCUT2D eigenvalue weighted by molar-refractivity contribution is 0.173. The predicted octanol–water partition coefficient (Wildman–Crippen LogP) is 2.78. The lowest BCUT2D eigenvalue weighted by Gasteiger charge is -2.28. The van der Waals surface area contributed by atoms with E-state index in [0.29, 0.717) is 0 Å². The minimum Gasteiger partial charge on any atom is -0.307 e. The SMILES string of the molecule is O=C(Nc1ccccc1)NN1CCc2ccccc2C1. The highest BCUT2D eigenvalue weighted by atomic mass is 16.2. The maximum absolute atomic E-state index is 11.9. The number of amides is 2. The Hall–Kier alpha value is -2.33. The van der Waals surface area contributed by atoms with E-state index in [1.807, 2.05) is 41.4 Å². The molecule has 2 amide bonds. The average molecular weight is 267 g/mol. The quantitative estimate of drug-likeness (QED) is 0.878. The number of benzene rings is 2. The molecule has 0 aromatic heterocycles. The molecule has 4 heteroatoms. The molecule has 3 rings (SSSR count). The second kappa shape index (κ2) is 5.75. The van der Waals surface area contributed by atoms with E-state index >= 15 is 0 Å². The van der Waals surface area contributed by atoms with Crippen LogP contribution < -0.4 is 10.7 Å². The molecule has 1 heterocycles. The number of fused-ring (bicyclic) bond motifs is 1. The van der Waals surface area contributed by atoms with Crippen molar-refractivity contribution in [1.29, 1.82) is 0 Å². The third-order valence-corrected chi connectivity index (χ3v) is 3.42. The third kappa shape index (κ3) is 2.97. The van der Waals surface area contributed by atoms with Crippen LogP contribution in [0.3, 0.4) is 0 Å². The number of hydrazine groups is 1. The second-order valence-electron chi connectivity index (χ2n) is 4.87. The Morgan fingerprint density at radius 2 is 1.65 bits per heavy atom. The largest absolute Gasteiger partial charge is 0.333 e. The van der Waals surface area contributed by atoms with Gasteiger partial charge < -0.3 is 5.32 Å². The van der Waals surface area contributed by atoms with Gasteiger partial charge in [-0.1, -0.05) is 42.5 Å². The topological polar surface area (TPSA) is 44.4 Å². The van der Waals surface area contributed by atoms with Gasteiger partial charge in [-0.25, -0.2) is 9.80 Å². The summed E-state index contributed by atoms with van der Waals surface area (Å²) in [5.41, 5.74) is 6.33. The molecule has 102 valence electrons. The van der Waals surface area contributed by atoms with Crippen molar-refractivity contribution in [2.45, 2.75) is 13.0 Å². The van der Waals surface area contributed by atoms with Crippen molar-refractivity contribution in [2.75, 3.05) is 11.9 Å². The lowest BCUT2D eigenvalue weighted by atomic mass is 10.0. The maximum atomic E-state index is 11.9. The number of rotatable bonds is 2. The Morgan fingerprint density at radius 1 is 0.950 bits per heavy atom. The normalized spacial score (nSPS) is 14.4. The summed E-state index contributed by atoms with van der Waals surface area (Å²) >= 11 is 0. The maximum Gasteiger partial charge on any atom is 0.333 e. The van der Waals surface area contributed by atoms with Gasteiger partial charge in [0.2, 0.25) is 0 Å². The molecule has 2 aromatic carbocycles. The molecule has 0 fully saturated rings. The van der Waals surface area contributed by atoms with Gasteiger partial charge in [-0.3, -0.25) is 5.43 Å². The first kappa shape index (κ1) is 12.7. The first-order chi connectivity index (χ1) is 9.81. The van der Waals surface area contributed by atoms with E-state index in [1.165, 1.54) is 11.1 Å². The van der Waals surface area contributed by atoms with E-state index in [1.54, 1.807) is 0 Å². The van der Waals surface area contributed by atoms with Gasteiger partial charge in [0.05, 0.1) is 0 Å². The van der Waals surface area contributed by atoms with E-state index in [2.05, 4.69) is 28.9 Å². The molecule has 0 bridgehead atoms. The Morgan fingerprint density at radius 3 is 2.45 bits per heavy atom. The molecular formula is C16H17N3O. The number of para-hydroxylation sites is 1. The Labute approximate surface area is 118 Å². The molecule has 1 aliphatic heterocycles. The smallest absolute Gasteiger partial charge is 0.307 e. The molecule has 2 N–H and O–H groups in total. The standard InChI is InChI=1S/C16H17N3O/c20-16(17-15-8-2-1-3-9-15)18-19-11-10-13-6-4-5-7-14(13)12-19/h1-9H,10-12H2,(H2,17,18,20). The van der Waals surface area contributed by atoms with Crippen LogP contribution in [0.1, 0.15) is 11.1 Å². The summed E-state index contributed by atoms with van der Waals surface area (Å²) in [5.74, 6) is 0. The average Bonchev–Trinajstić information content (AvgIpc) is 2.48. The van der Waals surface area contributed by atoms with Gasteiger partial charge in [-0.2, -0.15) is 0 Å². The zero-order chi connectivity index (χ0) is 13.8. The summed E-state index contributed by atoms with van der Waals surface area (Å²) in [7, 11) is 0. The van der Waals surface area contributed by atoms with Crippen molar-refractivity contribution in [3.05, 3.63) is 65.7 Å².